The Bertz CT molecular complexity index is 652. The Balaban J connectivity index is 1.46. The Morgan fingerprint density at radius 3 is 2.83 bits per heavy atom. The molecule has 2 saturated heterocycles. The summed E-state index contributed by atoms with van der Waals surface area (Å²) >= 11 is 0. The molecular weight excluding hydrogens is 306 g/mol. The monoisotopic (exact) mass is 331 g/mol. The summed E-state index contributed by atoms with van der Waals surface area (Å²) in [5.74, 6) is 1.40. The molecule has 0 aromatic carbocycles. The first-order valence-corrected chi connectivity index (χ1v) is 9.08. The molecule has 1 spiro atoms. The number of likely N-dealkylation sites (tertiary alicyclic amines) is 2. The number of piperidine rings is 1. The fraction of sp³-hybridized carbons (Fsp3) is 0.722. The van der Waals surface area contributed by atoms with E-state index in [4.69, 9.17) is 4.42 Å². The lowest BCUT2D eigenvalue weighted by Gasteiger charge is -2.42. The highest BCUT2D eigenvalue weighted by atomic mass is 16.3. The highest BCUT2D eigenvalue weighted by molar-refractivity contribution is 5.94. The quantitative estimate of drug-likeness (QED) is 0.852. The highest BCUT2D eigenvalue weighted by Gasteiger charge is 2.50. The summed E-state index contributed by atoms with van der Waals surface area (Å²) in [5, 5.41) is 0. The van der Waals surface area contributed by atoms with E-state index in [1.807, 2.05) is 0 Å². The zero-order valence-corrected chi connectivity index (χ0v) is 14.3. The van der Waals surface area contributed by atoms with E-state index in [-0.39, 0.29) is 17.2 Å². The number of aromatic nitrogens is 1. The van der Waals surface area contributed by atoms with E-state index >= 15 is 0 Å². The molecule has 0 unspecified atom stereocenters. The van der Waals surface area contributed by atoms with Crippen LogP contribution in [-0.2, 0) is 4.79 Å². The van der Waals surface area contributed by atoms with Crippen molar-refractivity contribution in [3.63, 3.8) is 0 Å². The van der Waals surface area contributed by atoms with Crippen molar-refractivity contribution in [2.45, 2.75) is 45.4 Å². The van der Waals surface area contributed by atoms with Crippen molar-refractivity contribution in [1.29, 1.82) is 0 Å². The second kappa shape index (κ2) is 5.90. The molecule has 2 aliphatic heterocycles. The maximum atomic E-state index is 13.1. The van der Waals surface area contributed by atoms with Crippen LogP contribution in [0.2, 0.25) is 0 Å². The maximum absolute atomic E-state index is 13.1. The van der Waals surface area contributed by atoms with Gasteiger partial charge in [-0.05, 0) is 44.9 Å². The molecular formula is C18H25N3O3. The first kappa shape index (κ1) is 15.7. The zero-order valence-electron chi connectivity index (χ0n) is 14.3. The van der Waals surface area contributed by atoms with Crippen LogP contribution in [0.3, 0.4) is 0 Å². The Labute approximate surface area is 142 Å². The molecule has 3 aliphatic rings. The van der Waals surface area contributed by atoms with Crippen LogP contribution in [-0.4, -0.2) is 52.8 Å². The number of rotatable bonds is 3. The van der Waals surface area contributed by atoms with E-state index in [1.54, 1.807) is 11.8 Å². The summed E-state index contributed by atoms with van der Waals surface area (Å²) in [6.45, 7) is 4.70. The molecule has 1 aliphatic carbocycles. The molecule has 6 heteroatoms. The summed E-state index contributed by atoms with van der Waals surface area (Å²) in [7, 11) is 0. The van der Waals surface area contributed by atoms with Gasteiger partial charge in [0.1, 0.15) is 5.76 Å². The molecule has 24 heavy (non-hydrogen) atoms. The van der Waals surface area contributed by atoms with Gasteiger partial charge in [-0.15, -0.1) is 0 Å². The standard InChI is InChI=1S/C18H25N3O3/c1-13-15(19-12-24-13)16(22)21-9-7-18(11-21)6-3-8-20(17(18)23)10-14-4-2-5-14/h12,14H,2-11H2,1H3/t18-/m0/s1. The number of hydrogen-bond donors (Lipinski definition) is 0. The molecule has 130 valence electrons. The van der Waals surface area contributed by atoms with Crippen molar-refractivity contribution in [1.82, 2.24) is 14.8 Å². The summed E-state index contributed by atoms with van der Waals surface area (Å²) in [6, 6.07) is 0. The lowest BCUT2D eigenvalue weighted by Crippen LogP contribution is -2.52. The van der Waals surface area contributed by atoms with Crippen LogP contribution < -0.4 is 0 Å². The summed E-state index contributed by atoms with van der Waals surface area (Å²) in [5.41, 5.74) is 0.0107. The van der Waals surface area contributed by atoms with Gasteiger partial charge in [0.15, 0.2) is 12.1 Å². The van der Waals surface area contributed by atoms with Gasteiger partial charge in [0.25, 0.3) is 5.91 Å². The van der Waals surface area contributed by atoms with E-state index in [2.05, 4.69) is 9.88 Å². The Morgan fingerprint density at radius 2 is 2.17 bits per heavy atom. The number of nitrogens with zero attached hydrogens (tertiary/aromatic N) is 3. The molecule has 3 fully saturated rings. The SMILES string of the molecule is Cc1ocnc1C(=O)N1CC[C@@]2(CCCN(CC3CCC3)C2=O)C1. The van der Waals surface area contributed by atoms with Crippen molar-refractivity contribution >= 4 is 11.8 Å². The summed E-state index contributed by atoms with van der Waals surface area (Å²) in [4.78, 5) is 33.6. The molecule has 0 N–H and O–H groups in total. The topological polar surface area (TPSA) is 66.7 Å². The number of oxazole rings is 1. The van der Waals surface area contributed by atoms with Crippen molar-refractivity contribution < 1.29 is 14.0 Å². The zero-order chi connectivity index (χ0) is 16.7. The van der Waals surface area contributed by atoms with Crippen LogP contribution >= 0.6 is 0 Å². The second-order valence-electron chi connectivity index (χ2n) is 7.67. The second-order valence-corrected chi connectivity index (χ2v) is 7.67. The molecule has 1 aromatic rings. The fourth-order valence-corrected chi connectivity index (χ4v) is 4.40. The van der Waals surface area contributed by atoms with E-state index < -0.39 is 0 Å². The van der Waals surface area contributed by atoms with E-state index in [9.17, 15) is 9.59 Å². The van der Waals surface area contributed by atoms with Gasteiger partial charge in [0.05, 0.1) is 5.41 Å². The van der Waals surface area contributed by atoms with Gasteiger partial charge >= 0.3 is 0 Å². The minimum Gasteiger partial charge on any atom is -0.448 e. The molecule has 1 atom stereocenters. The van der Waals surface area contributed by atoms with Gasteiger partial charge < -0.3 is 14.2 Å². The molecule has 1 saturated carbocycles. The number of hydrogen-bond acceptors (Lipinski definition) is 4. The molecule has 0 radical (unpaired) electrons. The van der Waals surface area contributed by atoms with Gasteiger partial charge in [0.2, 0.25) is 5.91 Å². The Kier molecular flexibility index (Phi) is 3.85. The van der Waals surface area contributed by atoms with Crippen LogP contribution in [0, 0.1) is 18.3 Å². The van der Waals surface area contributed by atoms with Crippen molar-refractivity contribution in [2.75, 3.05) is 26.2 Å². The first-order chi connectivity index (χ1) is 11.6. The number of amides is 2. The minimum absolute atomic E-state index is 0.109. The summed E-state index contributed by atoms with van der Waals surface area (Å²) in [6.07, 6.45) is 7.84. The number of carbonyl (C=O) groups excluding carboxylic acids is 2. The largest absolute Gasteiger partial charge is 0.448 e. The normalized spacial score (nSPS) is 27.8. The molecule has 4 rings (SSSR count). The average Bonchev–Trinajstić information content (AvgIpc) is 3.14. The third-order valence-electron chi connectivity index (χ3n) is 6.12. The lowest BCUT2D eigenvalue weighted by atomic mass is 9.77. The van der Waals surface area contributed by atoms with E-state index in [0.717, 1.165) is 32.4 Å². The third kappa shape index (κ3) is 2.52. The van der Waals surface area contributed by atoms with Gasteiger partial charge in [0, 0.05) is 26.2 Å². The van der Waals surface area contributed by atoms with Crippen LogP contribution in [0.25, 0.3) is 0 Å². The third-order valence-corrected chi connectivity index (χ3v) is 6.12. The lowest BCUT2D eigenvalue weighted by molar-refractivity contribution is -0.146. The van der Waals surface area contributed by atoms with Crippen LogP contribution in [0.4, 0.5) is 0 Å². The van der Waals surface area contributed by atoms with Crippen LogP contribution in [0.1, 0.15) is 54.8 Å². The van der Waals surface area contributed by atoms with Gasteiger partial charge in [-0.1, -0.05) is 6.42 Å². The maximum Gasteiger partial charge on any atom is 0.276 e. The number of aryl methyl sites for hydroxylation is 1. The predicted molar refractivity (Wildman–Crippen MR) is 87.3 cm³/mol. The molecule has 3 heterocycles. The van der Waals surface area contributed by atoms with Crippen molar-refractivity contribution in [2.24, 2.45) is 11.3 Å². The predicted octanol–water partition coefficient (Wildman–Crippen LogP) is 2.24. The molecule has 0 bridgehead atoms. The van der Waals surface area contributed by atoms with E-state index in [1.165, 1.54) is 25.7 Å². The van der Waals surface area contributed by atoms with Crippen LogP contribution in [0.15, 0.2) is 10.8 Å². The van der Waals surface area contributed by atoms with Crippen molar-refractivity contribution in [3.8, 4) is 0 Å². The molecule has 2 amide bonds. The van der Waals surface area contributed by atoms with Gasteiger partial charge in [-0.2, -0.15) is 0 Å². The Morgan fingerprint density at radius 1 is 1.33 bits per heavy atom. The fourth-order valence-electron chi connectivity index (χ4n) is 4.40. The highest BCUT2D eigenvalue weighted by Crippen LogP contribution is 2.41. The summed E-state index contributed by atoms with van der Waals surface area (Å²) < 4.78 is 5.15. The van der Waals surface area contributed by atoms with Crippen LogP contribution in [0.5, 0.6) is 0 Å². The van der Waals surface area contributed by atoms with Gasteiger partial charge in [-0.25, -0.2) is 4.98 Å². The Hall–Kier alpha value is -1.85. The number of carbonyl (C=O) groups is 2. The first-order valence-electron chi connectivity index (χ1n) is 9.08. The molecule has 1 aromatic heterocycles. The van der Waals surface area contributed by atoms with E-state index in [0.29, 0.717) is 30.5 Å². The average molecular weight is 331 g/mol. The molecule has 6 nitrogen and oxygen atoms in total. The van der Waals surface area contributed by atoms with Crippen molar-refractivity contribution in [3.05, 3.63) is 17.8 Å². The van der Waals surface area contributed by atoms with Gasteiger partial charge in [-0.3, -0.25) is 9.59 Å². The smallest absolute Gasteiger partial charge is 0.276 e. The minimum atomic E-state index is -0.366.